The molecule has 4 rings (SSSR count). The number of hydrogen-bond donors (Lipinski definition) is 2. The van der Waals surface area contributed by atoms with E-state index < -0.39 is 5.97 Å². The Labute approximate surface area is 198 Å². The Morgan fingerprint density at radius 1 is 1.06 bits per heavy atom. The molecule has 5 nitrogen and oxygen atoms in total. The van der Waals surface area contributed by atoms with Crippen LogP contribution in [-0.4, -0.2) is 43.2 Å². The first kappa shape index (κ1) is 25.0. The average molecular weight is 451 g/mol. The van der Waals surface area contributed by atoms with Gasteiger partial charge in [-0.2, -0.15) is 0 Å². The number of carboxylic acid groups (broad SMARTS) is 1. The molecular weight excluding hydrogens is 412 g/mol. The van der Waals surface area contributed by atoms with E-state index in [0.29, 0.717) is 13.2 Å². The molecule has 2 aromatic rings. The van der Waals surface area contributed by atoms with Gasteiger partial charge < -0.3 is 20.5 Å². The van der Waals surface area contributed by atoms with Gasteiger partial charge in [-0.15, -0.1) is 0 Å². The number of carboxylic acids is 1. The van der Waals surface area contributed by atoms with Crippen LogP contribution in [0.5, 0.6) is 5.75 Å². The number of nitrogens with two attached hydrogens (primary N) is 1. The van der Waals surface area contributed by atoms with Crippen molar-refractivity contribution in [1.82, 2.24) is 4.90 Å². The summed E-state index contributed by atoms with van der Waals surface area (Å²) < 4.78 is 5.98. The summed E-state index contributed by atoms with van der Waals surface area (Å²) >= 11 is 0. The first-order valence-electron chi connectivity index (χ1n) is 12.0. The summed E-state index contributed by atoms with van der Waals surface area (Å²) in [6.45, 7) is 2.21. The lowest BCUT2D eigenvalue weighted by Gasteiger charge is -2.34. The number of hydrogen-bond acceptors (Lipinski definition) is 4. The summed E-state index contributed by atoms with van der Waals surface area (Å²) in [6, 6.07) is 16.9. The van der Waals surface area contributed by atoms with Crippen LogP contribution >= 0.6 is 0 Å². The van der Waals surface area contributed by atoms with Gasteiger partial charge in [-0.1, -0.05) is 67.8 Å². The van der Waals surface area contributed by atoms with Crippen LogP contribution in [0.15, 0.2) is 54.6 Å². The fourth-order valence-electron chi connectivity index (χ4n) is 4.79. The SMILES string of the molecule is CN(C)CCC=C1c2ccccc2COc2ccccc21.NCC1(CC(=O)O)CCCCC1. The van der Waals surface area contributed by atoms with Crippen LogP contribution < -0.4 is 10.5 Å². The molecule has 0 atom stereocenters. The fraction of sp³-hybridized carbons (Fsp3) is 0.464. The maximum atomic E-state index is 10.6. The fourth-order valence-corrected chi connectivity index (χ4v) is 4.79. The standard InChI is InChI=1S/C19H21NO.C9H17NO2/c1-20(2)13-7-11-17-16-9-4-3-8-15(16)14-21-19-12-6-5-10-18(17)19;10-7-9(6-8(11)12)4-2-1-3-5-9/h3-6,8-12H,7,13-14H2,1-2H3;1-7,10H2,(H,11,12). The lowest BCUT2D eigenvalue weighted by atomic mass is 9.72. The highest BCUT2D eigenvalue weighted by Crippen LogP contribution is 2.38. The molecule has 3 N–H and O–H groups in total. The topological polar surface area (TPSA) is 75.8 Å². The molecule has 2 aromatic carbocycles. The second-order valence-corrected chi connectivity index (χ2v) is 9.49. The number of rotatable bonds is 6. The van der Waals surface area contributed by atoms with Crippen LogP contribution in [0, 0.1) is 5.41 Å². The van der Waals surface area contributed by atoms with E-state index in [9.17, 15) is 4.79 Å². The van der Waals surface area contributed by atoms with E-state index in [1.807, 2.05) is 6.07 Å². The number of fused-ring (bicyclic) bond motifs is 2. The van der Waals surface area contributed by atoms with Crippen LogP contribution in [0.25, 0.3) is 5.57 Å². The maximum absolute atomic E-state index is 10.6. The molecule has 178 valence electrons. The first-order valence-corrected chi connectivity index (χ1v) is 12.0. The molecule has 1 aliphatic carbocycles. The Morgan fingerprint density at radius 2 is 1.73 bits per heavy atom. The zero-order valence-electron chi connectivity index (χ0n) is 20.1. The summed E-state index contributed by atoms with van der Waals surface area (Å²) in [6.07, 6.45) is 9.14. The molecule has 0 spiro atoms. The molecule has 0 bridgehead atoms. The van der Waals surface area contributed by atoms with Crippen molar-refractivity contribution in [2.24, 2.45) is 11.1 Å². The van der Waals surface area contributed by atoms with E-state index in [1.165, 1.54) is 28.7 Å². The Bertz CT molecular complexity index is 896. The molecule has 0 saturated heterocycles. The normalized spacial score (nSPS) is 17.8. The molecule has 1 fully saturated rings. The quantitative estimate of drug-likeness (QED) is 0.622. The molecule has 0 aromatic heterocycles. The van der Waals surface area contributed by atoms with Crippen molar-refractivity contribution in [3.05, 3.63) is 71.3 Å². The smallest absolute Gasteiger partial charge is 0.303 e. The molecular formula is C28H38N2O3. The van der Waals surface area contributed by atoms with Crippen molar-refractivity contribution in [3.8, 4) is 5.75 Å². The highest BCUT2D eigenvalue weighted by atomic mass is 16.5. The minimum Gasteiger partial charge on any atom is -0.488 e. The van der Waals surface area contributed by atoms with Crippen molar-refractivity contribution in [3.63, 3.8) is 0 Å². The Morgan fingerprint density at radius 3 is 2.39 bits per heavy atom. The molecule has 5 heteroatoms. The Balaban J connectivity index is 0.000000218. The number of ether oxygens (including phenoxy) is 1. The summed E-state index contributed by atoms with van der Waals surface area (Å²) in [5.74, 6) is 0.271. The number of nitrogens with zero attached hydrogens (tertiary/aromatic N) is 1. The summed E-state index contributed by atoms with van der Waals surface area (Å²) in [4.78, 5) is 12.8. The van der Waals surface area contributed by atoms with Gasteiger partial charge in [-0.3, -0.25) is 4.79 Å². The van der Waals surface area contributed by atoms with E-state index in [4.69, 9.17) is 15.6 Å². The number of benzene rings is 2. The van der Waals surface area contributed by atoms with E-state index in [1.54, 1.807) is 0 Å². The van der Waals surface area contributed by atoms with Crippen LogP contribution in [-0.2, 0) is 11.4 Å². The third-order valence-electron chi connectivity index (χ3n) is 6.67. The monoisotopic (exact) mass is 450 g/mol. The number of aliphatic carboxylic acids is 1. The molecule has 2 aliphatic rings. The summed E-state index contributed by atoms with van der Waals surface area (Å²) in [5.41, 5.74) is 10.6. The minimum absolute atomic E-state index is 0.0793. The Kier molecular flexibility index (Phi) is 9.10. The Hall–Kier alpha value is -2.63. The van der Waals surface area contributed by atoms with Gasteiger partial charge in [0, 0.05) is 12.1 Å². The average Bonchev–Trinajstić information content (AvgIpc) is 2.97. The van der Waals surface area contributed by atoms with Crippen LogP contribution in [0.3, 0.4) is 0 Å². The number of para-hydroxylation sites is 1. The van der Waals surface area contributed by atoms with Crippen LogP contribution in [0.1, 0.15) is 61.6 Å². The van der Waals surface area contributed by atoms with Crippen LogP contribution in [0.4, 0.5) is 0 Å². The van der Waals surface area contributed by atoms with Crippen molar-refractivity contribution in [2.75, 3.05) is 27.2 Å². The zero-order chi connectivity index (χ0) is 23.7. The third-order valence-corrected chi connectivity index (χ3v) is 6.67. The zero-order valence-corrected chi connectivity index (χ0v) is 20.1. The lowest BCUT2D eigenvalue weighted by Crippen LogP contribution is -2.34. The number of carbonyl (C=O) groups is 1. The van der Waals surface area contributed by atoms with Crippen molar-refractivity contribution >= 4 is 11.5 Å². The van der Waals surface area contributed by atoms with E-state index in [2.05, 4.69) is 67.5 Å². The third kappa shape index (κ3) is 6.92. The minimum atomic E-state index is -0.706. The van der Waals surface area contributed by atoms with Gasteiger partial charge in [0.25, 0.3) is 0 Å². The molecule has 33 heavy (non-hydrogen) atoms. The van der Waals surface area contributed by atoms with E-state index in [0.717, 1.165) is 44.4 Å². The maximum Gasteiger partial charge on any atom is 0.303 e. The van der Waals surface area contributed by atoms with Gasteiger partial charge in [0.2, 0.25) is 0 Å². The van der Waals surface area contributed by atoms with Gasteiger partial charge in [-0.05, 0) is 68.1 Å². The molecule has 1 heterocycles. The van der Waals surface area contributed by atoms with Crippen molar-refractivity contribution in [2.45, 2.75) is 51.6 Å². The molecule has 1 saturated carbocycles. The van der Waals surface area contributed by atoms with E-state index in [-0.39, 0.29) is 11.8 Å². The largest absolute Gasteiger partial charge is 0.488 e. The summed E-state index contributed by atoms with van der Waals surface area (Å²) in [7, 11) is 4.22. The van der Waals surface area contributed by atoms with Gasteiger partial charge >= 0.3 is 5.97 Å². The molecule has 1 aliphatic heterocycles. The highest BCUT2D eigenvalue weighted by molar-refractivity contribution is 5.84. The summed E-state index contributed by atoms with van der Waals surface area (Å²) in [5, 5.41) is 8.71. The lowest BCUT2D eigenvalue weighted by molar-refractivity contribution is -0.140. The predicted octanol–water partition coefficient (Wildman–Crippen LogP) is 5.33. The first-order chi connectivity index (χ1) is 15.9. The molecule has 0 amide bonds. The highest BCUT2D eigenvalue weighted by Gasteiger charge is 2.32. The van der Waals surface area contributed by atoms with Gasteiger partial charge in [0.05, 0.1) is 6.42 Å². The second kappa shape index (κ2) is 12.0. The molecule has 0 unspecified atom stereocenters. The van der Waals surface area contributed by atoms with Gasteiger partial charge in [0.1, 0.15) is 12.4 Å². The van der Waals surface area contributed by atoms with Gasteiger partial charge in [0.15, 0.2) is 0 Å². The van der Waals surface area contributed by atoms with Crippen molar-refractivity contribution in [1.29, 1.82) is 0 Å². The van der Waals surface area contributed by atoms with Crippen molar-refractivity contribution < 1.29 is 14.6 Å². The van der Waals surface area contributed by atoms with Crippen LogP contribution in [0.2, 0.25) is 0 Å². The predicted molar refractivity (Wildman–Crippen MR) is 134 cm³/mol. The van der Waals surface area contributed by atoms with E-state index >= 15 is 0 Å². The van der Waals surface area contributed by atoms with Gasteiger partial charge in [-0.25, -0.2) is 0 Å². The molecule has 0 radical (unpaired) electrons. The second-order valence-electron chi connectivity index (χ2n) is 9.49.